The molecule has 0 aromatic heterocycles. The molecule has 0 bridgehead atoms. The number of nitrogens with zero attached hydrogens (tertiary/aromatic N) is 1. The van der Waals surface area contributed by atoms with Crippen LogP contribution in [0.15, 0.2) is 23.1 Å². The van der Waals surface area contributed by atoms with Gasteiger partial charge < -0.3 is 9.64 Å². The number of carbonyl (C=O) groups is 1. The Hall–Kier alpha value is -1.44. The summed E-state index contributed by atoms with van der Waals surface area (Å²) in [7, 11) is -3.57. The second-order valence-electron chi connectivity index (χ2n) is 6.24. The third kappa shape index (κ3) is 5.03. The highest BCUT2D eigenvalue weighted by Gasteiger charge is 2.21. The number of aryl methyl sites for hydroxylation is 2. The van der Waals surface area contributed by atoms with Crippen LogP contribution in [0.3, 0.4) is 0 Å². The lowest BCUT2D eigenvalue weighted by molar-refractivity contribution is -0.130. The zero-order valence-corrected chi connectivity index (χ0v) is 15.4. The summed E-state index contributed by atoms with van der Waals surface area (Å²) in [5, 5.41) is 0. The quantitative estimate of drug-likeness (QED) is 0.807. The maximum Gasteiger partial charge on any atom is 0.240 e. The van der Waals surface area contributed by atoms with Crippen LogP contribution in [-0.4, -0.2) is 51.6 Å². The SMILES string of the molecule is CC(=O)N(CCNS(=O)(=O)c1ccc(C)c(C)c1)CC1CCCO1. The van der Waals surface area contributed by atoms with Gasteiger partial charge in [0.2, 0.25) is 15.9 Å². The molecule has 1 aromatic rings. The average Bonchev–Trinajstić information content (AvgIpc) is 3.01. The van der Waals surface area contributed by atoms with Crippen molar-refractivity contribution in [2.45, 2.75) is 44.6 Å². The van der Waals surface area contributed by atoms with Crippen molar-refractivity contribution in [3.05, 3.63) is 29.3 Å². The van der Waals surface area contributed by atoms with Crippen LogP contribution in [0.2, 0.25) is 0 Å². The highest BCUT2D eigenvalue weighted by Crippen LogP contribution is 2.15. The molecule has 1 amide bonds. The predicted octanol–water partition coefficient (Wildman–Crippen LogP) is 1.61. The first-order chi connectivity index (χ1) is 11.3. The van der Waals surface area contributed by atoms with Crippen molar-refractivity contribution >= 4 is 15.9 Å². The molecule has 0 aliphatic carbocycles. The Morgan fingerprint density at radius 3 is 2.67 bits per heavy atom. The van der Waals surface area contributed by atoms with Crippen LogP contribution >= 0.6 is 0 Å². The zero-order valence-electron chi connectivity index (χ0n) is 14.5. The molecule has 1 aromatic carbocycles. The molecule has 2 rings (SSSR count). The Balaban J connectivity index is 1.92. The fourth-order valence-corrected chi connectivity index (χ4v) is 3.80. The van der Waals surface area contributed by atoms with Crippen LogP contribution in [-0.2, 0) is 19.6 Å². The summed E-state index contributed by atoms with van der Waals surface area (Å²) >= 11 is 0. The van der Waals surface area contributed by atoms with Gasteiger partial charge in [-0.2, -0.15) is 0 Å². The van der Waals surface area contributed by atoms with Crippen molar-refractivity contribution < 1.29 is 17.9 Å². The van der Waals surface area contributed by atoms with Gasteiger partial charge in [-0.15, -0.1) is 0 Å². The van der Waals surface area contributed by atoms with Gasteiger partial charge in [0.15, 0.2) is 0 Å². The number of rotatable bonds is 7. The summed E-state index contributed by atoms with van der Waals surface area (Å²) in [6.45, 7) is 7.08. The van der Waals surface area contributed by atoms with Gasteiger partial charge in [0.05, 0.1) is 11.0 Å². The Morgan fingerprint density at radius 1 is 1.33 bits per heavy atom. The topological polar surface area (TPSA) is 75.7 Å². The van der Waals surface area contributed by atoms with E-state index in [4.69, 9.17) is 4.74 Å². The molecule has 6 nitrogen and oxygen atoms in total. The Bertz CT molecular complexity index is 682. The van der Waals surface area contributed by atoms with Crippen molar-refractivity contribution in [3.63, 3.8) is 0 Å². The third-order valence-electron chi connectivity index (χ3n) is 4.36. The summed E-state index contributed by atoms with van der Waals surface area (Å²) in [6.07, 6.45) is 2.01. The fourth-order valence-electron chi connectivity index (χ4n) is 2.69. The summed E-state index contributed by atoms with van der Waals surface area (Å²) in [5.74, 6) is -0.0733. The van der Waals surface area contributed by atoms with Crippen LogP contribution in [0.1, 0.15) is 30.9 Å². The van der Waals surface area contributed by atoms with E-state index in [0.717, 1.165) is 30.6 Å². The van der Waals surface area contributed by atoms with Gasteiger partial charge in [0, 0.05) is 33.2 Å². The second kappa shape index (κ2) is 8.09. The smallest absolute Gasteiger partial charge is 0.240 e. The molecule has 1 atom stereocenters. The van der Waals surface area contributed by atoms with Gasteiger partial charge in [0.25, 0.3) is 0 Å². The lowest BCUT2D eigenvalue weighted by Crippen LogP contribution is -2.41. The molecule has 0 radical (unpaired) electrons. The minimum absolute atomic E-state index is 0.0604. The van der Waals surface area contributed by atoms with E-state index in [2.05, 4.69) is 4.72 Å². The van der Waals surface area contributed by atoms with Crippen molar-refractivity contribution in [2.75, 3.05) is 26.2 Å². The molecule has 0 saturated carbocycles. The molecular formula is C17H26N2O4S. The molecule has 1 N–H and O–H groups in total. The molecule has 1 fully saturated rings. The summed E-state index contributed by atoms with van der Waals surface area (Å²) in [6, 6.07) is 5.05. The summed E-state index contributed by atoms with van der Waals surface area (Å²) in [5.41, 5.74) is 1.98. The van der Waals surface area contributed by atoms with E-state index in [-0.39, 0.29) is 23.5 Å². The summed E-state index contributed by atoms with van der Waals surface area (Å²) in [4.78, 5) is 13.6. The normalized spacial score (nSPS) is 17.9. The molecule has 1 heterocycles. The fraction of sp³-hybridized carbons (Fsp3) is 0.588. The maximum absolute atomic E-state index is 12.4. The molecule has 1 unspecified atom stereocenters. The van der Waals surface area contributed by atoms with Crippen molar-refractivity contribution in [1.82, 2.24) is 9.62 Å². The first-order valence-corrected chi connectivity index (χ1v) is 9.72. The molecule has 1 aliphatic heterocycles. The van der Waals surface area contributed by atoms with E-state index in [1.807, 2.05) is 13.8 Å². The van der Waals surface area contributed by atoms with Crippen molar-refractivity contribution in [1.29, 1.82) is 0 Å². The van der Waals surface area contributed by atoms with Crippen molar-refractivity contribution in [3.8, 4) is 0 Å². The molecule has 1 saturated heterocycles. The van der Waals surface area contributed by atoms with Gasteiger partial charge in [-0.25, -0.2) is 13.1 Å². The Kier molecular flexibility index (Phi) is 6.37. The molecule has 7 heteroatoms. The highest BCUT2D eigenvalue weighted by molar-refractivity contribution is 7.89. The number of amides is 1. The van der Waals surface area contributed by atoms with E-state index < -0.39 is 10.0 Å². The number of ether oxygens (including phenoxy) is 1. The first-order valence-electron chi connectivity index (χ1n) is 8.23. The number of nitrogens with one attached hydrogen (secondary N) is 1. The van der Waals surface area contributed by atoms with Crippen LogP contribution in [0.4, 0.5) is 0 Å². The van der Waals surface area contributed by atoms with Crippen LogP contribution in [0, 0.1) is 13.8 Å². The standard InChI is InChI=1S/C17H26N2O4S/c1-13-6-7-17(11-14(13)2)24(21,22)18-8-9-19(15(3)20)12-16-5-4-10-23-16/h6-7,11,16,18H,4-5,8-10,12H2,1-3H3. The maximum atomic E-state index is 12.4. The number of sulfonamides is 1. The molecular weight excluding hydrogens is 328 g/mol. The number of hydrogen-bond acceptors (Lipinski definition) is 4. The largest absolute Gasteiger partial charge is 0.376 e. The van der Waals surface area contributed by atoms with E-state index in [1.54, 1.807) is 23.1 Å². The van der Waals surface area contributed by atoms with Gasteiger partial charge in [-0.3, -0.25) is 4.79 Å². The monoisotopic (exact) mass is 354 g/mol. The minimum Gasteiger partial charge on any atom is -0.376 e. The molecule has 0 spiro atoms. The minimum atomic E-state index is -3.57. The van der Waals surface area contributed by atoms with Gasteiger partial charge >= 0.3 is 0 Å². The molecule has 24 heavy (non-hydrogen) atoms. The van der Waals surface area contributed by atoms with Gasteiger partial charge in [-0.1, -0.05) is 6.07 Å². The van der Waals surface area contributed by atoms with Crippen LogP contribution in [0.5, 0.6) is 0 Å². The van der Waals surface area contributed by atoms with E-state index >= 15 is 0 Å². The summed E-state index contributed by atoms with van der Waals surface area (Å²) < 4.78 is 32.8. The zero-order chi connectivity index (χ0) is 17.7. The van der Waals surface area contributed by atoms with Crippen LogP contribution in [0.25, 0.3) is 0 Å². The van der Waals surface area contributed by atoms with Gasteiger partial charge in [0.1, 0.15) is 0 Å². The third-order valence-corrected chi connectivity index (χ3v) is 5.81. The second-order valence-corrected chi connectivity index (χ2v) is 8.01. The predicted molar refractivity (Wildman–Crippen MR) is 92.3 cm³/mol. The number of carbonyl (C=O) groups excluding carboxylic acids is 1. The molecule has 1 aliphatic rings. The number of hydrogen-bond donors (Lipinski definition) is 1. The van der Waals surface area contributed by atoms with Crippen LogP contribution < -0.4 is 4.72 Å². The Labute approximate surface area is 144 Å². The van der Waals surface area contributed by atoms with E-state index in [1.165, 1.54) is 6.92 Å². The average molecular weight is 354 g/mol. The van der Waals surface area contributed by atoms with E-state index in [0.29, 0.717) is 13.1 Å². The van der Waals surface area contributed by atoms with Crippen molar-refractivity contribution in [2.24, 2.45) is 0 Å². The Morgan fingerprint density at radius 2 is 2.08 bits per heavy atom. The van der Waals surface area contributed by atoms with Gasteiger partial charge in [-0.05, 0) is 49.9 Å². The first kappa shape index (κ1) is 18.9. The lowest BCUT2D eigenvalue weighted by Gasteiger charge is -2.24. The number of benzene rings is 1. The molecule has 134 valence electrons. The highest BCUT2D eigenvalue weighted by atomic mass is 32.2. The van der Waals surface area contributed by atoms with E-state index in [9.17, 15) is 13.2 Å². The lowest BCUT2D eigenvalue weighted by atomic mass is 10.1.